The average molecular weight is 1830 g/mol. The van der Waals surface area contributed by atoms with Crippen molar-refractivity contribution in [3.63, 3.8) is 0 Å². The smallest absolute Gasteiger partial charge is 0.272 e. The lowest BCUT2D eigenvalue weighted by molar-refractivity contribution is -0.131. The molecule has 19 heteroatoms. The number of unbranched alkanes of at least 4 members (excludes halogenated alkanes) is 1. The third-order valence-corrected chi connectivity index (χ3v) is 19.7. The summed E-state index contributed by atoms with van der Waals surface area (Å²) < 4.78 is 11.1. The van der Waals surface area contributed by atoms with Crippen LogP contribution in [0.5, 0.6) is 11.5 Å². The van der Waals surface area contributed by atoms with Crippen molar-refractivity contribution in [2.24, 2.45) is 59.9 Å². The van der Waals surface area contributed by atoms with E-state index in [1.54, 1.807) is 35.1 Å². The highest BCUT2D eigenvalue weighted by atomic mass is 16.5. The van der Waals surface area contributed by atoms with Crippen LogP contribution >= 0.6 is 0 Å². The Morgan fingerprint density at radius 2 is 0.811 bits per heavy atom. The van der Waals surface area contributed by atoms with Crippen molar-refractivity contribution in [3.8, 4) is 118 Å². The Bertz CT molecular complexity index is 4450. The van der Waals surface area contributed by atoms with Crippen LogP contribution in [0.15, 0.2) is 60.8 Å². The summed E-state index contributed by atoms with van der Waals surface area (Å²) >= 11 is 0. The molecule has 19 nitrogen and oxygen atoms in total. The molecule has 738 valence electrons. The lowest BCUT2D eigenvalue weighted by Gasteiger charge is -2.40. The fraction of sp³-hybridized carbons (Fsp3) is 0.708. The molecule has 1 aromatic carbocycles. The number of benzene rings is 1. The maximum atomic E-state index is 12.8. The molecule has 7 aliphatic heterocycles. The number of allylic oxidation sites excluding steroid dienone is 1. The molecule has 2 amide bonds. The van der Waals surface area contributed by atoms with Crippen molar-refractivity contribution in [2.45, 2.75) is 338 Å². The van der Waals surface area contributed by atoms with Gasteiger partial charge in [-0.25, -0.2) is 0 Å². The van der Waals surface area contributed by atoms with E-state index in [1.165, 1.54) is 12.8 Å². The summed E-state index contributed by atoms with van der Waals surface area (Å²) in [4.78, 5) is 38.4. The van der Waals surface area contributed by atoms with Gasteiger partial charge in [0.15, 0.2) is 5.60 Å². The topological polar surface area (TPSA) is 253 Å². The predicted molar refractivity (Wildman–Crippen MR) is 549 cm³/mol. The fourth-order valence-electron chi connectivity index (χ4n) is 12.0. The number of aromatic nitrogens is 1. The Balaban J connectivity index is 0.000000758. The first-order chi connectivity index (χ1) is 59.9. The number of pyridine rings is 1. The molecular weight excluding hydrogens is 1640 g/mol. The van der Waals surface area contributed by atoms with E-state index in [1.807, 2.05) is 134 Å². The van der Waals surface area contributed by atoms with Gasteiger partial charge in [0, 0.05) is 197 Å². The van der Waals surface area contributed by atoms with Crippen molar-refractivity contribution in [2.75, 3.05) is 125 Å². The van der Waals surface area contributed by atoms with Crippen molar-refractivity contribution < 1.29 is 49.7 Å². The summed E-state index contributed by atoms with van der Waals surface area (Å²) in [5, 5.41) is 66.5. The molecule has 8 heterocycles. The first-order valence-electron chi connectivity index (χ1n) is 47.9. The average Bonchev–Trinajstić information content (AvgIpc) is 0.789. The van der Waals surface area contributed by atoms with E-state index in [0.29, 0.717) is 95.2 Å². The quantitative estimate of drug-likeness (QED) is 0.111. The van der Waals surface area contributed by atoms with Crippen LogP contribution in [-0.4, -0.2) is 237 Å². The van der Waals surface area contributed by atoms with Gasteiger partial charge in [-0.05, 0) is 291 Å². The molecule has 0 spiro atoms. The zero-order chi connectivity index (χ0) is 102. The number of hydrogen-bond acceptors (Lipinski definition) is 17. The standard InChI is InChI=1S/C23H26N2O3.C14H25NO.C13H21NO2.C12H21NO.C12H20.C11H19NO.C10H17NO.C9H15NO.C9H17N/c1-22(2,3)10-11-23(27)12-15-25(16-13-23)21(26)20-17-19(9-14-24-20)28-18-7-5-4-6-8-18;1-13(2,3)6-7-14(4,5)12-15-8-10-16-11-9-15;1-11(15)14-9-7-13(16,8-10-14)6-5-12(2,3)4;1-11(2,3)5-6-12(14)7-9-13(4)10-8-12;1-6-7-8-11(2)9-10-12(3,4)5;1-10(2,3)4-5-11(13)6-8-12-9-7-11;1-9(2,3)5-6-10(12)7-11(4)8-10;1-8(2,3)4-5-9(11)6-10-7-9;1-8(2,3)6-7-9(4,5)10/h4-9,14,17,27H,12-13,15-16H2,1-3H3;8-12H2,1-5H3;16H,7-10H2,1-4H3;14H,7-10H2,1-4H3;2,6-8H2,1,3-5H3;12-13H,6-9H2,1-3H3;12H,7-8H2,1-4H3;10-11H,6-7H2,1-3H3;10H2,1-5H3. The van der Waals surface area contributed by atoms with Crippen LogP contribution in [-0.2, 0) is 9.53 Å². The summed E-state index contributed by atoms with van der Waals surface area (Å²) in [5.41, 5.74) is 1.89. The number of carbonyl (C=O) groups excluding carboxylic acids is 2. The number of amides is 2. The minimum atomic E-state index is -1.03. The van der Waals surface area contributed by atoms with E-state index in [0.717, 1.165) is 96.7 Å². The number of ether oxygens (including phenoxy) is 2. The van der Waals surface area contributed by atoms with Gasteiger partial charge < -0.3 is 71.2 Å². The first kappa shape index (κ1) is 122. The Kier molecular flexibility index (Phi) is 49.3. The minimum absolute atomic E-state index is 0.00861. The summed E-state index contributed by atoms with van der Waals surface area (Å²) in [7, 11) is 4.06. The summed E-state index contributed by atoms with van der Waals surface area (Å²) in [6, 6.07) is 12.8. The molecule has 0 atom stereocenters. The fourth-order valence-corrected chi connectivity index (χ4v) is 12.0. The molecule has 9 rings (SSSR count). The van der Waals surface area contributed by atoms with E-state index in [2.05, 4.69) is 275 Å². The van der Waals surface area contributed by atoms with Gasteiger partial charge in [0.2, 0.25) is 5.91 Å². The molecule has 2 aromatic rings. The Hall–Kier alpha value is -7.63. The van der Waals surface area contributed by atoms with Gasteiger partial charge in [-0.2, -0.15) is 0 Å². The second kappa shape index (κ2) is 53.2. The number of para-hydroxylation sites is 1. The number of morpholine rings is 1. The summed E-state index contributed by atoms with van der Waals surface area (Å²) in [6.45, 7) is 84.9. The number of nitrogens with two attached hydrogens (primary N) is 1. The SMILES string of the molecule is C=C(C#CC(C)(C)C)CCCC.CC(=O)N1CCC(O)(C#CC(C)(C)C)CC1.CC(C)(C)C#CC(C)(C)CN1CCOCC1.CC(C)(C)C#CC(C)(C)N.CC(C)(C)C#CC1(O)CCN(C(=O)c2cc(Oc3ccccc3)ccn2)CC1.CC(C)(C)C#CC1(O)CCNCC1.CC(C)(C)C#CC1(O)CNC1.CN1CC(O)(C#CC(C)(C)C)C1.CN1CCC(O)(C#CC(C)(C)C)CC1. The van der Waals surface area contributed by atoms with Crippen LogP contribution in [0.25, 0.3) is 0 Å². The van der Waals surface area contributed by atoms with Gasteiger partial charge in [-0.1, -0.05) is 145 Å². The molecule has 0 unspecified atom stereocenters. The first-order valence-corrected chi connectivity index (χ1v) is 47.9. The lowest BCUT2D eigenvalue weighted by atomic mass is 9.89. The molecule has 0 aliphatic carbocycles. The van der Waals surface area contributed by atoms with E-state index in [-0.39, 0.29) is 71.5 Å². The molecule has 0 radical (unpaired) electrons. The number of hydrogen-bond donors (Lipinski definition) is 9. The van der Waals surface area contributed by atoms with Gasteiger partial charge >= 0.3 is 0 Å². The number of piperidine rings is 4. The Morgan fingerprint density at radius 1 is 0.447 bits per heavy atom. The predicted octanol–water partition coefficient (Wildman–Crippen LogP) is 17.0. The third-order valence-electron chi connectivity index (χ3n) is 19.7. The van der Waals surface area contributed by atoms with Gasteiger partial charge in [-0.15, -0.1) is 0 Å². The number of likely N-dealkylation sites (N-methyl/N-ethyl adjacent to an activating group) is 1. The minimum Gasteiger partial charge on any atom is -0.457 e. The number of nitrogens with zero attached hydrogens (tertiary/aromatic N) is 6. The summed E-state index contributed by atoms with van der Waals surface area (Å²) in [5.74, 6) is 56.6. The lowest BCUT2D eigenvalue weighted by Crippen LogP contribution is -2.59. The van der Waals surface area contributed by atoms with Crippen molar-refractivity contribution in [3.05, 3.63) is 66.5 Å². The van der Waals surface area contributed by atoms with Gasteiger partial charge in [0.05, 0.1) is 18.8 Å². The van der Waals surface area contributed by atoms with Crippen LogP contribution in [0, 0.1) is 161 Å². The van der Waals surface area contributed by atoms with Crippen LogP contribution in [0.4, 0.5) is 0 Å². The van der Waals surface area contributed by atoms with E-state index in [9.17, 15) is 40.2 Å². The zero-order valence-electron chi connectivity index (χ0n) is 89.2. The number of carbonyl (C=O) groups is 2. The van der Waals surface area contributed by atoms with Gasteiger partial charge in [0.25, 0.3) is 5.91 Å². The highest BCUT2D eigenvalue weighted by Gasteiger charge is 2.39. The second-order valence-corrected chi connectivity index (χ2v) is 47.3. The maximum absolute atomic E-state index is 12.8. The number of rotatable bonds is 8. The van der Waals surface area contributed by atoms with Crippen LogP contribution in [0.3, 0.4) is 0 Å². The van der Waals surface area contributed by atoms with E-state index in [4.69, 9.17) is 15.2 Å². The van der Waals surface area contributed by atoms with E-state index < -0.39 is 33.6 Å². The maximum Gasteiger partial charge on any atom is 0.272 e. The van der Waals surface area contributed by atoms with Gasteiger partial charge in [-0.3, -0.25) is 24.4 Å². The van der Waals surface area contributed by atoms with Crippen molar-refractivity contribution >= 4 is 11.8 Å². The van der Waals surface area contributed by atoms with Crippen LogP contribution < -0.4 is 21.1 Å². The molecule has 10 N–H and O–H groups in total. The van der Waals surface area contributed by atoms with Crippen LogP contribution in [0.1, 0.15) is 310 Å². The van der Waals surface area contributed by atoms with E-state index >= 15 is 0 Å². The normalized spacial score (nSPS) is 18.4. The summed E-state index contributed by atoms with van der Waals surface area (Å²) in [6.07, 6.45) is 10.1. The number of likely N-dealkylation sites (tertiary alicyclic amines) is 4. The zero-order valence-corrected chi connectivity index (χ0v) is 89.2. The molecular formula is C113H181N9O10. The number of nitrogens with one attached hydrogen (secondary N) is 2. The molecule has 7 fully saturated rings. The molecule has 132 heavy (non-hydrogen) atoms. The molecule has 1 aromatic heterocycles. The second-order valence-electron chi connectivity index (χ2n) is 47.3. The Morgan fingerprint density at radius 3 is 1.16 bits per heavy atom. The van der Waals surface area contributed by atoms with Crippen molar-refractivity contribution in [1.29, 1.82) is 0 Å². The molecule has 7 aliphatic rings. The number of β-amino-alcohol motifs (C(OH)–C–C–N with tert-alkyl or cyclic N) is 2. The van der Waals surface area contributed by atoms with Crippen LogP contribution in [0.2, 0.25) is 0 Å². The molecule has 0 saturated carbocycles. The Labute approximate surface area is 805 Å². The van der Waals surface area contributed by atoms with Gasteiger partial charge in [0.1, 0.15) is 45.2 Å². The van der Waals surface area contributed by atoms with Crippen molar-refractivity contribution in [1.82, 2.24) is 40.1 Å². The third kappa shape index (κ3) is 62.8. The highest BCUT2D eigenvalue weighted by Crippen LogP contribution is 2.30. The monoisotopic (exact) mass is 1820 g/mol. The molecule has 0 bridgehead atoms. The number of aliphatic hydroxyl groups is 6. The largest absolute Gasteiger partial charge is 0.457 e. The molecule has 7 saturated heterocycles. The highest BCUT2D eigenvalue weighted by molar-refractivity contribution is 5.92.